The summed E-state index contributed by atoms with van der Waals surface area (Å²) in [5, 5.41) is 5.38. The van der Waals surface area contributed by atoms with Gasteiger partial charge in [-0.2, -0.15) is 0 Å². The fraction of sp³-hybridized carbons (Fsp3) is 0.211. The predicted molar refractivity (Wildman–Crippen MR) is 92.7 cm³/mol. The Balaban J connectivity index is 1.74. The molecule has 2 N–H and O–H groups in total. The first-order valence-electron chi connectivity index (χ1n) is 8.05. The molecule has 2 aromatic carbocycles. The minimum atomic E-state index is -0.430. The number of hydrogen-bond acceptors (Lipinski definition) is 3. The molecule has 0 atom stereocenters. The Bertz CT molecular complexity index is 816. The summed E-state index contributed by atoms with van der Waals surface area (Å²) < 4.78 is 0. The first-order valence-corrected chi connectivity index (χ1v) is 8.05. The van der Waals surface area contributed by atoms with E-state index in [0.29, 0.717) is 17.7 Å². The van der Waals surface area contributed by atoms with Crippen molar-refractivity contribution in [2.45, 2.75) is 20.0 Å². The monoisotopic (exact) mass is 337 g/mol. The lowest BCUT2D eigenvalue weighted by atomic mass is 10.1. The Hall–Kier alpha value is -3.15. The number of nitrogens with zero attached hydrogens (tertiary/aromatic N) is 1. The molecule has 0 spiro atoms. The second-order valence-electron chi connectivity index (χ2n) is 5.90. The second-order valence-corrected chi connectivity index (χ2v) is 5.90. The number of nitrogens with one attached hydrogen (secondary N) is 2. The molecule has 1 fully saturated rings. The lowest BCUT2D eigenvalue weighted by Crippen LogP contribution is -2.32. The van der Waals surface area contributed by atoms with Crippen LogP contribution in [0.1, 0.15) is 27.0 Å². The summed E-state index contributed by atoms with van der Waals surface area (Å²) >= 11 is 0. The van der Waals surface area contributed by atoms with Crippen LogP contribution in [0.5, 0.6) is 0 Å². The highest BCUT2D eigenvalue weighted by atomic mass is 16.2. The molecule has 128 valence electrons. The van der Waals surface area contributed by atoms with Gasteiger partial charge in [-0.1, -0.05) is 42.5 Å². The third kappa shape index (κ3) is 3.68. The number of imide groups is 1. The molecule has 1 heterocycles. The van der Waals surface area contributed by atoms with Gasteiger partial charge in [0.1, 0.15) is 0 Å². The molecule has 2 aromatic rings. The van der Waals surface area contributed by atoms with Crippen molar-refractivity contribution in [2.24, 2.45) is 0 Å². The van der Waals surface area contributed by atoms with Gasteiger partial charge in [0.05, 0.1) is 13.1 Å². The maximum Gasteiger partial charge on any atom is 0.324 e. The molecule has 0 bridgehead atoms. The van der Waals surface area contributed by atoms with Crippen LogP contribution < -0.4 is 10.6 Å². The minimum Gasteiger partial charge on any atom is -0.348 e. The van der Waals surface area contributed by atoms with Crippen LogP contribution in [-0.4, -0.2) is 29.3 Å². The Labute approximate surface area is 145 Å². The van der Waals surface area contributed by atoms with Crippen molar-refractivity contribution in [3.05, 3.63) is 70.8 Å². The van der Waals surface area contributed by atoms with E-state index in [0.717, 1.165) is 16.0 Å². The van der Waals surface area contributed by atoms with E-state index in [1.54, 1.807) is 24.3 Å². The summed E-state index contributed by atoms with van der Waals surface area (Å²) in [4.78, 5) is 37.2. The van der Waals surface area contributed by atoms with Crippen LogP contribution >= 0.6 is 0 Å². The molecule has 25 heavy (non-hydrogen) atoms. The summed E-state index contributed by atoms with van der Waals surface area (Å²) in [5.74, 6) is -0.522. The van der Waals surface area contributed by atoms with Gasteiger partial charge in [-0.05, 0) is 29.7 Å². The van der Waals surface area contributed by atoms with Crippen LogP contribution in [0.4, 0.5) is 4.79 Å². The minimum absolute atomic E-state index is 0.000477. The van der Waals surface area contributed by atoms with Gasteiger partial charge in [-0.15, -0.1) is 0 Å². The number of carbonyl (C=O) groups is 3. The number of urea groups is 1. The van der Waals surface area contributed by atoms with Gasteiger partial charge in [-0.3, -0.25) is 14.5 Å². The predicted octanol–water partition coefficient (Wildman–Crippen LogP) is 1.98. The normalized spacial score (nSPS) is 13.7. The summed E-state index contributed by atoms with van der Waals surface area (Å²) in [5.41, 5.74) is 3.25. The van der Waals surface area contributed by atoms with Gasteiger partial charge in [0.15, 0.2) is 0 Å². The highest BCUT2D eigenvalue weighted by Crippen LogP contribution is 2.14. The van der Waals surface area contributed by atoms with E-state index in [1.165, 1.54) is 0 Å². The van der Waals surface area contributed by atoms with E-state index in [-0.39, 0.29) is 24.9 Å². The summed E-state index contributed by atoms with van der Waals surface area (Å²) in [6, 6.07) is 14.4. The van der Waals surface area contributed by atoms with E-state index >= 15 is 0 Å². The fourth-order valence-electron chi connectivity index (χ4n) is 2.74. The summed E-state index contributed by atoms with van der Waals surface area (Å²) in [6.45, 7) is 2.50. The zero-order valence-corrected chi connectivity index (χ0v) is 13.9. The maximum atomic E-state index is 12.6. The number of rotatable bonds is 5. The quantitative estimate of drug-likeness (QED) is 0.819. The lowest BCUT2D eigenvalue weighted by Gasteiger charge is -2.16. The molecular formula is C19H19N3O3. The van der Waals surface area contributed by atoms with E-state index < -0.39 is 6.03 Å². The summed E-state index contributed by atoms with van der Waals surface area (Å²) in [7, 11) is 0. The van der Waals surface area contributed by atoms with Crippen molar-refractivity contribution in [2.75, 3.05) is 6.54 Å². The smallest absolute Gasteiger partial charge is 0.324 e. The number of benzene rings is 2. The van der Waals surface area contributed by atoms with Gasteiger partial charge in [0.25, 0.3) is 5.91 Å². The first kappa shape index (κ1) is 16.7. The Kier molecular flexibility index (Phi) is 4.79. The van der Waals surface area contributed by atoms with E-state index in [2.05, 4.69) is 10.6 Å². The van der Waals surface area contributed by atoms with Crippen molar-refractivity contribution < 1.29 is 14.4 Å². The van der Waals surface area contributed by atoms with Crippen molar-refractivity contribution in [3.63, 3.8) is 0 Å². The molecular weight excluding hydrogens is 318 g/mol. The third-order valence-electron chi connectivity index (χ3n) is 4.23. The van der Waals surface area contributed by atoms with E-state index in [1.807, 2.05) is 31.2 Å². The van der Waals surface area contributed by atoms with Crippen LogP contribution in [0.2, 0.25) is 0 Å². The molecule has 1 aliphatic rings. The van der Waals surface area contributed by atoms with Crippen LogP contribution in [0.25, 0.3) is 0 Å². The van der Waals surface area contributed by atoms with Crippen molar-refractivity contribution in [3.8, 4) is 0 Å². The number of aryl methyl sites for hydroxylation is 1. The van der Waals surface area contributed by atoms with E-state index in [9.17, 15) is 14.4 Å². The largest absolute Gasteiger partial charge is 0.348 e. The molecule has 1 saturated heterocycles. The molecule has 6 heteroatoms. The van der Waals surface area contributed by atoms with Gasteiger partial charge < -0.3 is 10.6 Å². The number of carbonyl (C=O) groups excluding carboxylic acids is 3. The van der Waals surface area contributed by atoms with Crippen LogP contribution in [-0.2, 0) is 17.9 Å². The van der Waals surface area contributed by atoms with Crippen molar-refractivity contribution in [1.82, 2.24) is 15.5 Å². The second kappa shape index (κ2) is 7.17. The highest BCUT2D eigenvalue weighted by Gasteiger charge is 2.29. The Morgan fingerprint density at radius 3 is 2.44 bits per heavy atom. The first-order chi connectivity index (χ1) is 12.1. The molecule has 4 amide bonds. The third-order valence-corrected chi connectivity index (χ3v) is 4.23. The van der Waals surface area contributed by atoms with Gasteiger partial charge >= 0.3 is 6.03 Å². The number of amides is 4. The van der Waals surface area contributed by atoms with Gasteiger partial charge in [-0.25, -0.2) is 4.79 Å². The highest BCUT2D eigenvalue weighted by molar-refractivity contribution is 6.02. The maximum absolute atomic E-state index is 12.6. The SMILES string of the molecule is Cc1ccccc1CNC(=O)c1ccccc1CN1C(=O)CNC1=O. The molecule has 0 unspecified atom stereocenters. The molecule has 0 saturated carbocycles. The van der Waals surface area contributed by atoms with Crippen molar-refractivity contribution >= 4 is 17.8 Å². The van der Waals surface area contributed by atoms with Crippen LogP contribution in [0.3, 0.4) is 0 Å². The molecule has 0 aromatic heterocycles. The number of hydrogen-bond donors (Lipinski definition) is 2. The average Bonchev–Trinajstić information content (AvgIpc) is 2.93. The standard InChI is InChI=1S/C19H19N3O3/c1-13-6-2-3-7-14(13)10-20-18(24)16-9-5-4-8-15(16)12-22-17(23)11-21-19(22)25/h2-9H,10-12H2,1H3,(H,20,24)(H,21,25). The molecule has 0 radical (unpaired) electrons. The zero-order chi connectivity index (χ0) is 17.8. The fourth-order valence-corrected chi connectivity index (χ4v) is 2.74. The molecule has 1 aliphatic heterocycles. The van der Waals surface area contributed by atoms with Crippen LogP contribution in [0.15, 0.2) is 48.5 Å². The van der Waals surface area contributed by atoms with E-state index in [4.69, 9.17) is 0 Å². The van der Waals surface area contributed by atoms with Crippen LogP contribution in [0, 0.1) is 6.92 Å². The lowest BCUT2D eigenvalue weighted by molar-refractivity contribution is -0.125. The Morgan fingerprint density at radius 2 is 1.76 bits per heavy atom. The zero-order valence-electron chi connectivity index (χ0n) is 13.9. The van der Waals surface area contributed by atoms with Gasteiger partial charge in [0.2, 0.25) is 5.91 Å². The Morgan fingerprint density at radius 1 is 1.08 bits per heavy atom. The molecule has 6 nitrogen and oxygen atoms in total. The summed E-state index contributed by atoms with van der Waals surface area (Å²) in [6.07, 6.45) is 0. The van der Waals surface area contributed by atoms with Crippen molar-refractivity contribution in [1.29, 1.82) is 0 Å². The average molecular weight is 337 g/mol. The molecule has 0 aliphatic carbocycles. The topological polar surface area (TPSA) is 78.5 Å². The van der Waals surface area contributed by atoms with Gasteiger partial charge in [0, 0.05) is 12.1 Å². The molecule has 3 rings (SSSR count).